The van der Waals surface area contributed by atoms with Crippen LogP contribution in [0.2, 0.25) is 0 Å². The highest BCUT2D eigenvalue weighted by Gasteiger charge is 2.23. The Balaban J connectivity index is 1.36. The van der Waals surface area contributed by atoms with Crippen LogP contribution in [-0.4, -0.2) is 51.2 Å². The largest absolute Gasteiger partial charge is 0.378 e. The standard InChI is InChI=1S/C26H33N5O/c1-30(2)21-9-7-8-18(16-21)26(32)28-20-14-12-19(13-15-20)27-25-17-24(31(3)4)22-10-5-6-11-23(22)29-25/h5-11,16-17,19-20H,12-15H2,1-4H3,(H,27,29)(H,28,32). The van der Waals surface area contributed by atoms with E-state index in [0.29, 0.717) is 11.6 Å². The maximum atomic E-state index is 12.7. The van der Waals surface area contributed by atoms with Crippen LogP contribution in [-0.2, 0) is 0 Å². The first-order chi connectivity index (χ1) is 15.4. The molecule has 168 valence electrons. The van der Waals surface area contributed by atoms with Gasteiger partial charge in [0.25, 0.3) is 5.91 Å². The van der Waals surface area contributed by atoms with Crippen molar-refractivity contribution in [2.24, 2.45) is 0 Å². The number of rotatable bonds is 6. The van der Waals surface area contributed by atoms with E-state index in [0.717, 1.165) is 48.1 Å². The summed E-state index contributed by atoms with van der Waals surface area (Å²) in [5, 5.41) is 8.02. The van der Waals surface area contributed by atoms with E-state index in [4.69, 9.17) is 4.98 Å². The lowest BCUT2D eigenvalue weighted by Gasteiger charge is -2.30. The molecule has 2 aromatic carbocycles. The predicted octanol–water partition coefficient (Wildman–Crippen LogP) is 4.52. The summed E-state index contributed by atoms with van der Waals surface area (Å²) in [7, 11) is 8.09. The molecule has 0 atom stereocenters. The van der Waals surface area contributed by atoms with Crippen LogP contribution < -0.4 is 20.4 Å². The van der Waals surface area contributed by atoms with E-state index in [-0.39, 0.29) is 11.9 Å². The van der Waals surface area contributed by atoms with E-state index >= 15 is 0 Å². The van der Waals surface area contributed by atoms with Crippen molar-refractivity contribution >= 4 is 34.0 Å². The molecule has 1 aliphatic rings. The monoisotopic (exact) mass is 431 g/mol. The van der Waals surface area contributed by atoms with Crippen molar-refractivity contribution in [3.8, 4) is 0 Å². The van der Waals surface area contributed by atoms with Crippen LogP contribution in [0.3, 0.4) is 0 Å². The number of nitrogens with zero attached hydrogens (tertiary/aromatic N) is 3. The van der Waals surface area contributed by atoms with E-state index in [9.17, 15) is 4.79 Å². The van der Waals surface area contributed by atoms with Crippen molar-refractivity contribution in [2.45, 2.75) is 37.8 Å². The van der Waals surface area contributed by atoms with Crippen molar-refractivity contribution in [1.29, 1.82) is 0 Å². The van der Waals surface area contributed by atoms with Crippen molar-refractivity contribution in [1.82, 2.24) is 10.3 Å². The number of carbonyl (C=O) groups excluding carboxylic acids is 1. The van der Waals surface area contributed by atoms with Gasteiger partial charge in [0.15, 0.2) is 0 Å². The molecular weight excluding hydrogens is 398 g/mol. The van der Waals surface area contributed by atoms with Gasteiger partial charge in [0.05, 0.1) is 5.52 Å². The second-order valence-electron chi connectivity index (χ2n) is 9.05. The number of aromatic nitrogens is 1. The zero-order valence-electron chi connectivity index (χ0n) is 19.4. The molecule has 1 saturated carbocycles. The molecule has 6 heteroatoms. The molecule has 1 fully saturated rings. The third-order valence-corrected chi connectivity index (χ3v) is 6.22. The summed E-state index contributed by atoms with van der Waals surface area (Å²) in [6.07, 6.45) is 3.94. The van der Waals surface area contributed by atoms with E-state index in [1.165, 1.54) is 5.69 Å². The molecule has 1 aromatic heterocycles. The van der Waals surface area contributed by atoms with Gasteiger partial charge in [0, 0.05) is 68.7 Å². The second-order valence-corrected chi connectivity index (χ2v) is 9.05. The van der Waals surface area contributed by atoms with Crippen LogP contribution in [0.4, 0.5) is 17.2 Å². The lowest BCUT2D eigenvalue weighted by Crippen LogP contribution is -2.40. The Labute approximate surface area is 190 Å². The normalized spacial score (nSPS) is 18.2. The molecule has 0 bridgehead atoms. The van der Waals surface area contributed by atoms with Crippen molar-refractivity contribution < 1.29 is 4.79 Å². The Kier molecular flexibility index (Phi) is 6.49. The van der Waals surface area contributed by atoms with Crippen molar-refractivity contribution in [3.63, 3.8) is 0 Å². The molecule has 6 nitrogen and oxygen atoms in total. The highest BCUT2D eigenvalue weighted by atomic mass is 16.1. The average molecular weight is 432 g/mol. The fourth-order valence-corrected chi connectivity index (χ4v) is 4.39. The lowest BCUT2D eigenvalue weighted by atomic mass is 9.91. The Morgan fingerprint density at radius 2 is 1.59 bits per heavy atom. The molecule has 32 heavy (non-hydrogen) atoms. The van der Waals surface area contributed by atoms with Crippen LogP contribution >= 0.6 is 0 Å². The van der Waals surface area contributed by atoms with Crippen molar-refractivity contribution in [3.05, 3.63) is 60.2 Å². The molecule has 4 rings (SSSR count). The number of hydrogen-bond donors (Lipinski definition) is 2. The summed E-state index contributed by atoms with van der Waals surface area (Å²) >= 11 is 0. The van der Waals surface area contributed by atoms with E-state index in [2.05, 4.69) is 53.9 Å². The molecule has 1 heterocycles. The van der Waals surface area contributed by atoms with Gasteiger partial charge in [-0.1, -0.05) is 24.3 Å². The summed E-state index contributed by atoms with van der Waals surface area (Å²) in [6, 6.07) is 18.7. The Morgan fingerprint density at radius 1 is 0.875 bits per heavy atom. The van der Waals surface area contributed by atoms with Gasteiger partial charge < -0.3 is 20.4 Å². The molecule has 0 spiro atoms. The van der Waals surface area contributed by atoms with Crippen LogP contribution in [0, 0.1) is 0 Å². The predicted molar refractivity (Wildman–Crippen MR) is 134 cm³/mol. The first-order valence-electron chi connectivity index (χ1n) is 11.3. The van der Waals surface area contributed by atoms with Crippen molar-refractivity contribution in [2.75, 3.05) is 43.3 Å². The van der Waals surface area contributed by atoms with Gasteiger partial charge in [-0.05, 0) is 49.9 Å². The fourth-order valence-electron chi connectivity index (χ4n) is 4.39. The molecule has 3 aromatic rings. The zero-order valence-corrected chi connectivity index (χ0v) is 19.4. The number of anilines is 3. The molecule has 1 amide bonds. The molecule has 1 aliphatic carbocycles. The third kappa shape index (κ3) is 4.96. The first kappa shape index (κ1) is 21.9. The Morgan fingerprint density at radius 3 is 2.31 bits per heavy atom. The smallest absolute Gasteiger partial charge is 0.251 e. The zero-order chi connectivity index (χ0) is 22.7. The number of fused-ring (bicyclic) bond motifs is 1. The molecule has 0 radical (unpaired) electrons. The second kappa shape index (κ2) is 9.47. The SMILES string of the molecule is CN(C)c1cccc(C(=O)NC2CCC(Nc3cc(N(C)C)c4ccccc4n3)CC2)c1. The van der Waals surface area contributed by atoms with E-state index in [1.807, 2.05) is 49.3 Å². The minimum Gasteiger partial charge on any atom is -0.378 e. The number of pyridine rings is 1. The summed E-state index contributed by atoms with van der Waals surface area (Å²) in [5.74, 6) is 0.928. The first-order valence-corrected chi connectivity index (χ1v) is 11.3. The number of benzene rings is 2. The van der Waals surface area contributed by atoms with Gasteiger partial charge in [-0.15, -0.1) is 0 Å². The summed E-state index contributed by atoms with van der Waals surface area (Å²) < 4.78 is 0. The van der Waals surface area contributed by atoms with Crippen LogP contribution in [0.15, 0.2) is 54.6 Å². The number of carbonyl (C=O) groups is 1. The van der Waals surface area contributed by atoms with E-state index < -0.39 is 0 Å². The highest BCUT2D eigenvalue weighted by molar-refractivity contribution is 5.95. The van der Waals surface area contributed by atoms with Crippen LogP contribution in [0.5, 0.6) is 0 Å². The maximum Gasteiger partial charge on any atom is 0.251 e. The number of hydrogen-bond acceptors (Lipinski definition) is 5. The summed E-state index contributed by atoms with van der Waals surface area (Å²) in [5.41, 5.74) is 3.92. The van der Waals surface area contributed by atoms with Gasteiger partial charge in [0.1, 0.15) is 5.82 Å². The average Bonchev–Trinajstić information content (AvgIpc) is 2.79. The summed E-state index contributed by atoms with van der Waals surface area (Å²) in [4.78, 5) is 21.7. The molecule has 0 aliphatic heterocycles. The minimum absolute atomic E-state index is 0.0110. The fraction of sp³-hybridized carbons (Fsp3) is 0.385. The lowest BCUT2D eigenvalue weighted by molar-refractivity contribution is 0.0926. The third-order valence-electron chi connectivity index (χ3n) is 6.22. The van der Waals surface area contributed by atoms with Gasteiger partial charge in [-0.3, -0.25) is 4.79 Å². The number of para-hydroxylation sites is 1. The van der Waals surface area contributed by atoms with Gasteiger partial charge in [0.2, 0.25) is 0 Å². The number of nitrogens with one attached hydrogen (secondary N) is 2. The highest BCUT2D eigenvalue weighted by Crippen LogP contribution is 2.29. The summed E-state index contributed by atoms with van der Waals surface area (Å²) in [6.45, 7) is 0. The maximum absolute atomic E-state index is 12.7. The van der Waals surface area contributed by atoms with Gasteiger partial charge >= 0.3 is 0 Å². The van der Waals surface area contributed by atoms with Gasteiger partial charge in [-0.25, -0.2) is 4.98 Å². The Bertz CT molecular complexity index is 1090. The topological polar surface area (TPSA) is 60.5 Å². The molecule has 0 saturated heterocycles. The Hall–Kier alpha value is -3.28. The quantitative estimate of drug-likeness (QED) is 0.601. The van der Waals surface area contributed by atoms with Crippen LogP contribution in [0.25, 0.3) is 10.9 Å². The molecule has 2 N–H and O–H groups in total. The molecule has 0 unspecified atom stereocenters. The minimum atomic E-state index is 0.0110. The van der Waals surface area contributed by atoms with Gasteiger partial charge in [-0.2, -0.15) is 0 Å². The van der Waals surface area contributed by atoms with Crippen LogP contribution in [0.1, 0.15) is 36.0 Å². The molecular formula is C26H33N5O. The number of amides is 1. The van der Waals surface area contributed by atoms with E-state index in [1.54, 1.807) is 0 Å².